The van der Waals surface area contributed by atoms with E-state index in [0.717, 1.165) is 44.6 Å². The number of carbonyl (C=O) groups is 2. The van der Waals surface area contributed by atoms with Crippen LogP contribution in [0.3, 0.4) is 0 Å². The van der Waals surface area contributed by atoms with Gasteiger partial charge in [0.2, 0.25) is 5.91 Å². The summed E-state index contributed by atoms with van der Waals surface area (Å²) in [6.45, 7) is 6.82. The summed E-state index contributed by atoms with van der Waals surface area (Å²) in [6, 6.07) is 7.89. The van der Waals surface area contributed by atoms with Crippen molar-refractivity contribution in [2.75, 3.05) is 45.9 Å². The maximum absolute atomic E-state index is 12.7. The fourth-order valence-corrected chi connectivity index (χ4v) is 4.08. The van der Waals surface area contributed by atoms with E-state index in [1.54, 1.807) is 4.90 Å². The van der Waals surface area contributed by atoms with Crippen LogP contribution in [-0.4, -0.2) is 78.6 Å². The maximum atomic E-state index is 12.7. The van der Waals surface area contributed by atoms with Crippen molar-refractivity contribution in [3.05, 3.63) is 34.9 Å². The third-order valence-electron chi connectivity index (χ3n) is 5.41. The average Bonchev–Trinajstić information content (AvgIpc) is 2.70. The Morgan fingerprint density at radius 3 is 2.56 bits per heavy atom. The summed E-state index contributed by atoms with van der Waals surface area (Å²) in [7, 11) is 0. The molecule has 27 heavy (non-hydrogen) atoms. The van der Waals surface area contributed by atoms with Gasteiger partial charge >= 0.3 is 6.09 Å². The second kappa shape index (κ2) is 9.42. The molecule has 0 spiro atoms. The summed E-state index contributed by atoms with van der Waals surface area (Å²) in [5.74, 6) is 0.137. The van der Waals surface area contributed by atoms with Crippen molar-refractivity contribution in [3.63, 3.8) is 0 Å². The summed E-state index contributed by atoms with van der Waals surface area (Å²) >= 11 is 6.20. The SMILES string of the molecule is CCOC(=O)N1CCN(C2CCCN(C(=O)Cc3ccccc3Cl)C2)CC1. The minimum absolute atomic E-state index is 0.137. The van der Waals surface area contributed by atoms with Crippen LogP contribution in [0, 0.1) is 0 Å². The first-order valence-electron chi connectivity index (χ1n) is 9.75. The Balaban J connectivity index is 1.52. The summed E-state index contributed by atoms with van der Waals surface area (Å²) in [6.07, 6.45) is 2.23. The molecule has 2 amide bonds. The molecule has 1 aromatic rings. The largest absolute Gasteiger partial charge is 0.450 e. The molecule has 148 valence electrons. The molecule has 2 aliphatic rings. The Morgan fingerprint density at radius 1 is 1.11 bits per heavy atom. The number of halogens is 1. The van der Waals surface area contributed by atoms with Gasteiger partial charge in [0, 0.05) is 50.3 Å². The van der Waals surface area contributed by atoms with Gasteiger partial charge in [-0.25, -0.2) is 4.79 Å². The molecule has 1 aromatic carbocycles. The molecule has 0 saturated carbocycles. The molecule has 6 nitrogen and oxygen atoms in total. The molecule has 2 fully saturated rings. The molecule has 2 saturated heterocycles. The van der Waals surface area contributed by atoms with Gasteiger partial charge in [-0.05, 0) is 31.4 Å². The molecular weight excluding hydrogens is 366 g/mol. The van der Waals surface area contributed by atoms with Gasteiger partial charge in [-0.15, -0.1) is 0 Å². The highest BCUT2D eigenvalue weighted by Gasteiger charge is 2.31. The van der Waals surface area contributed by atoms with Crippen molar-refractivity contribution < 1.29 is 14.3 Å². The van der Waals surface area contributed by atoms with Gasteiger partial charge in [0.15, 0.2) is 0 Å². The molecule has 7 heteroatoms. The third-order valence-corrected chi connectivity index (χ3v) is 5.77. The summed E-state index contributed by atoms with van der Waals surface area (Å²) < 4.78 is 5.08. The molecular formula is C20H28ClN3O3. The first-order valence-corrected chi connectivity index (χ1v) is 10.1. The summed E-state index contributed by atoms with van der Waals surface area (Å²) in [4.78, 5) is 30.7. The second-order valence-corrected chi connectivity index (χ2v) is 7.53. The van der Waals surface area contributed by atoms with Crippen LogP contribution >= 0.6 is 11.6 Å². The highest BCUT2D eigenvalue weighted by Crippen LogP contribution is 2.21. The highest BCUT2D eigenvalue weighted by atomic mass is 35.5. The van der Waals surface area contributed by atoms with Gasteiger partial charge in [-0.2, -0.15) is 0 Å². The van der Waals surface area contributed by atoms with Crippen molar-refractivity contribution in [2.24, 2.45) is 0 Å². The number of hydrogen-bond donors (Lipinski definition) is 0. The van der Waals surface area contributed by atoms with Crippen LogP contribution in [0.2, 0.25) is 5.02 Å². The Bertz CT molecular complexity index is 662. The topological polar surface area (TPSA) is 53.1 Å². The van der Waals surface area contributed by atoms with Gasteiger partial charge in [-0.3, -0.25) is 9.69 Å². The second-order valence-electron chi connectivity index (χ2n) is 7.13. The predicted octanol–water partition coefficient (Wildman–Crippen LogP) is 2.65. The smallest absolute Gasteiger partial charge is 0.409 e. The molecule has 0 aromatic heterocycles. The highest BCUT2D eigenvalue weighted by molar-refractivity contribution is 6.31. The van der Waals surface area contributed by atoms with E-state index in [4.69, 9.17) is 16.3 Å². The number of piperidine rings is 1. The van der Waals surface area contributed by atoms with Crippen LogP contribution in [0.5, 0.6) is 0 Å². The maximum Gasteiger partial charge on any atom is 0.409 e. The average molecular weight is 394 g/mol. The van der Waals surface area contributed by atoms with E-state index in [1.807, 2.05) is 36.1 Å². The Labute approximate surface area is 166 Å². The molecule has 1 atom stereocenters. The molecule has 3 rings (SSSR count). The Hall–Kier alpha value is -1.79. The minimum Gasteiger partial charge on any atom is -0.450 e. The van der Waals surface area contributed by atoms with E-state index >= 15 is 0 Å². The number of likely N-dealkylation sites (tertiary alicyclic amines) is 1. The number of hydrogen-bond acceptors (Lipinski definition) is 4. The van der Waals surface area contributed by atoms with E-state index < -0.39 is 0 Å². The van der Waals surface area contributed by atoms with Crippen LogP contribution in [0.1, 0.15) is 25.3 Å². The van der Waals surface area contributed by atoms with Gasteiger partial charge in [0.05, 0.1) is 13.0 Å². The predicted molar refractivity (Wildman–Crippen MR) is 105 cm³/mol. The number of nitrogens with zero attached hydrogens (tertiary/aromatic N) is 3. The first kappa shape index (κ1) is 20.0. The van der Waals surface area contributed by atoms with Crippen LogP contribution in [0.25, 0.3) is 0 Å². The van der Waals surface area contributed by atoms with Crippen LogP contribution in [-0.2, 0) is 16.0 Å². The molecule has 0 radical (unpaired) electrons. The van der Waals surface area contributed by atoms with Gasteiger partial charge < -0.3 is 14.5 Å². The first-order chi connectivity index (χ1) is 13.1. The van der Waals surface area contributed by atoms with E-state index in [0.29, 0.717) is 37.2 Å². The minimum atomic E-state index is -0.225. The van der Waals surface area contributed by atoms with Crippen molar-refractivity contribution >= 4 is 23.6 Å². The van der Waals surface area contributed by atoms with Gasteiger partial charge in [0.25, 0.3) is 0 Å². The Kier molecular flexibility index (Phi) is 6.96. The molecule has 0 aliphatic carbocycles. The van der Waals surface area contributed by atoms with Crippen LogP contribution < -0.4 is 0 Å². The number of carbonyl (C=O) groups excluding carboxylic acids is 2. The summed E-state index contributed by atoms with van der Waals surface area (Å²) in [5.41, 5.74) is 0.884. The molecule has 1 unspecified atom stereocenters. The molecule has 2 heterocycles. The normalized spacial score (nSPS) is 21.2. The van der Waals surface area contributed by atoms with Crippen molar-refractivity contribution in [3.8, 4) is 0 Å². The zero-order valence-electron chi connectivity index (χ0n) is 15.9. The summed E-state index contributed by atoms with van der Waals surface area (Å²) in [5, 5.41) is 0.648. The van der Waals surface area contributed by atoms with Crippen molar-refractivity contribution in [2.45, 2.75) is 32.2 Å². The number of rotatable bonds is 4. The lowest BCUT2D eigenvalue weighted by molar-refractivity contribution is -0.132. The third kappa shape index (κ3) is 5.14. The lowest BCUT2D eigenvalue weighted by Gasteiger charge is -2.43. The fourth-order valence-electron chi connectivity index (χ4n) is 3.88. The number of benzene rings is 1. The quantitative estimate of drug-likeness (QED) is 0.789. The molecule has 0 bridgehead atoms. The van der Waals surface area contributed by atoms with E-state index in [9.17, 15) is 9.59 Å². The lowest BCUT2D eigenvalue weighted by Crippen LogP contribution is -2.56. The number of amides is 2. The van der Waals surface area contributed by atoms with E-state index in [2.05, 4.69) is 4.90 Å². The number of piperazine rings is 1. The zero-order valence-corrected chi connectivity index (χ0v) is 16.7. The number of ether oxygens (including phenoxy) is 1. The van der Waals surface area contributed by atoms with E-state index in [1.165, 1.54) is 0 Å². The Morgan fingerprint density at radius 2 is 1.85 bits per heavy atom. The van der Waals surface area contributed by atoms with Crippen LogP contribution in [0.4, 0.5) is 4.79 Å². The molecule has 2 aliphatic heterocycles. The van der Waals surface area contributed by atoms with E-state index in [-0.39, 0.29) is 12.0 Å². The monoisotopic (exact) mass is 393 g/mol. The zero-order chi connectivity index (χ0) is 19.2. The van der Waals surface area contributed by atoms with Crippen molar-refractivity contribution in [1.82, 2.24) is 14.7 Å². The fraction of sp³-hybridized carbons (Fsp3) is 0.600. The lowest BCUT2D eigenvalue weighted by atomic mass is 10.0. The van der Waals surface area contributed by atoms with Gasteiger partial charge in [0.1, 0.15) is 0 Å². The standard InChI is InChI=1S/C20H28ClN3O3/c1-2-27-20(26)23-12-10-22(11-13-23)17-7-5-9-24(15-17)19(25)14-16-6-3-4-8-18(16)21/h3-4,6,8,17H,2,5,7,9-15H2,1H3. The van der Waals surface area contributed by atoms with Gasteiger partial charge in [-0.1, -0.05) is 29.8 Å². The molecule has 0 N–H and O–H groups in total. The van der Waals surface area contributed by atoms with Crippen LogP contribution in [0.15, 0.2) is 24.3 Å². The van der Waals surface area contributed by atoms with Crippen molar-refractivity contribution in [1.29, 1.82) is 0 Å².